The molecule has 0 radical (unpaired) electrons. The molecule has 0 saturated carbocycles. The van der Waals surface area contributed by atoms with Gasteiger partial charge in [0, 0.05) is 6.42 Å². The van der Waals surface area contributed by atoms with Gasteiger partial charge in [-0.25, -0.2) is 4.98 Å². The highest BCUT2D eigenvalue weighted by Gasteiger charge is 2.07. The number of ether oxygens (including phenoxy) is 1. The van der Waals surface area contributed by atoms with E-state index in [0.717, 1.165) is 0 Å². The van der Waals surface area contributed by atoms with Crippen LogP contribution < -0.4 is 11.1 Å². The highest BCUT2D eigenvalue weighted by molar-refractivity contribution is 5.91. The number of carbonyl (C=O) groups is 2. The molecule has 16 heavy (non-hydrogen) atoms. The fourth-order valence-corrected chi connectivity index (χ4v) is 1.00. The van der Waals surface area contributed by atoms with Gasteiger partial charge in [-0.05, 0) is 12.1 Å². The summed E-state index contributed by atoms with van der Waals surface area (Å²) in [6, 6.07) is 3.22. The van der Waals surface area contributed by atoms with Gasteiger partial charge >= 0.3 is 5.97 Å². The van der Waals surface area contributed by atoms with Gasteiger partial charge in [-0.15, -0.1) is 0 Å². The van der Waals surface area contributed by atoms with Crippen LogP contribution in [0.5, 0.6) is 0 Å². The first-order chi connectivity index (χ1) is 7.61. The van der Waals surface area contributed by atoms with E-state index in [4.69, 9.17) is 5.73 Å². The number of anilines is 2. The van der Waals surface area contributed by atoms with Gasteiger partial charge in [0.25, 0.3) is 0 Å². The first-order valence-corrected chi connectivity index (χ1v) is 4.70. The number of amides is 1. The van der Waals surface area contributed by atoms with Gasteiger partial charge in [0.15, 0.2) is 0 Å². The lowest BCUT2D eigenvalue weighted by atomic mass is 10.3. The molecule has 0 aliphatic heterocycles. The number of hydrogen-bond donors (Lipinski definition) is 2. The molecule has 0 fully saturated rings. The molecule has 0 atom stereocenters. The monoisotopic (exact) mass is 223 g/mol. The predicted octanol–water partition coefficient (Wildman–Crippen LogP) is 0.556. The number of carbonyl (C=O) groups excluding carboxylic acids is 2. The summed E-state index contributed by atoms with van der Waals surface area (Å²) >= 11 is 0. The van der Waals surface area contributed by atoms with Crippen molar-refractivity contribution >= 4 is 23.4 Å². The van der Waals surface area contributed by atoms with Gasteiger partial charge in [-0.2, -0.15) is 0 Å². The van der Waals surface area contributed by atoms with E-state index in [9.17, 15) is 9.59 Å². The van der Waals surface area contributed by atoms with Crippen molar-refractivity contribution in [3.05, 3.63) is 18.3 Å². The van der Waals surface area contributed by atoms with Crippen molar-refractivity contribution in [1.82, 2.24) is 4.98 Å². The number of rotatable bonds is 4. The molecule has 0 aliphatic rings. The van der Waals surface area contributed by atoms with Gasteiger partial charge < -0.3 is 15.8 Å². The Kier molecular flexibility index (Phi) is 4.26. The fraction of sp³-hybridized carbons (Fsp3) is 0.300. The van der Waals surface area contributed by atoms with Crippen LogP contribution in [0, 0.1) is 0 Å². The van der Waals surface area contributed by atoms with Crippen molar-refractivity contribution in [2.24, 2.45) is 0 Å². The fourth-order valence-electron chi connectivity index (χ4n) is 1.00. The molecule has 0 aliphatic carbocycles. The van der Waals surface area contributed by atoms with Crippen LogP contribution in [-0.4, -0.2) is 24.0 Å². The third-order valence-electron chi connectivity index (χ3n) is 1.84. The second-order valence-electron chi connectivity index (χ2n) is 3.10. The average molecular weight is 223 g/mol. The van der Waals surface area contributed by atoms with Crippen LogP contribution in [-0.2, 0) is 14.3 Å². The predicted molar refractivity (Wildman–Crippen MR) is 58.5 cm³/mol. The minimum Gasteiger partial charge on any atom is -0.469 e. The number of nitrogens with zero attached hydrogens (tertiary/aromatic N) is 1. The van der Waals surface area contributed by atoms with Gasteiger partial charge in [0.1, 0.15) is 5.82 Å². The van der Waals surface area contributed by atoms with Gasteiger partial charge in [0.05, 0.1) is 25.4 Å². The van der Waals surface area contributed by atoms with Crippen LogP contribution >= 0.6 is 0 Å². The number of aromatic nitrogens is 1. The summed E-state index contributed by atoms with van der Waals surface area (Å²) in [6.07, 6.45) is 1.56. The van der Waals surface area contributed by atoms with E-state index in [1.54, 1.807) is 12.1 Å². The van der Waals surface area contributed by atoms with E-state index < -0.39 is 5.97 Å². The summed E-state index contributed by atoms with van der Waals surface area (Å²) < 4.78 is 4.42. The molecule has 1 rings (SSSR count). The molecular formula is C10H13N3O3. The Bertz CT molecular complexity index is 375. The molecule has 3 N–H and O–H groups in total. The van der Waals surface area contributed by atoms with E-state index >= 15 is 0 Å². The third kappa shape index (κ3) is 3.95. The third-order valence-corrected chi connectivity index (χ3v) is 1.84. The largest absolute Gasteiger partial charge is 0.469 e. The highest BCUT2D eigenvalue weighted by atomic mass is 16.5. The zero-order chi connectivity index (χ0) is 12.0. The van der Waals surface area contributed by atoms with E-state index in [1.807, 2.05) is 0 Å². The van der Waals surface area contributed by atoms with E-state index in [2.05, 4.69) is 15.0 Å². The Morgan fingerprint density at radius 1 is 1.44 bits per heavy atom. The normalized spacial score (nSPS) is 9.56. The number of nitrogens with one attached hydrogen (secondary N) is 1. The first-order valence-electron chi connectivity index (χ1n) is 4.70. The Morgan fingerprint density at radius 3 is 2.75 bits per heavy atom. The number of pyridine rings is 1. The summed E-state index contributed by atoms with van der Waals surface area (Å²) in [7, 11) is 1.28. The van der Waals surface area contributed by atoms with Crippen LogP contribution in [0.2, 0.25) is 0 Å². The highest BCUT2D eigenvalue weighted by Crippen LogP contribution is 2.06. The van der Waals surface area contributed by atoms with E-state index in [1.165, 1.54) is 13.3 Å². The van der Waals surface area contributed by atoms with Crippen LogP contribution in [0.4, 0.5) is 11.5 Å². The molecule has 0 unspecified atom stereocenters. The maximum absolute atomic E-state index is 11.3. The second kappa shape index (κ2) is 5.69. The molecular weight excluding hydrogens is 210 g/mol. The van der Waals surface area contributed by atoms with Crippen LogP contribution in [0.25, 0.3) is 0 Å². The number of nitrogens with two attached hydrogens (primary N) is 1. The van der Waals surface area contributed by atoms with Crippen molar-refractivity contribution in [3.63, 3.8) is 0 Å². The van der Waals surface area contributed by atoms with Gasteiger partial charge in [0.2, 0.25) is 5.91 Å². The summed E-state index contributed by atoms with van der Waals surface area (Å²) in [5.74, 6) is -0.299. The number of esters is 1. The molecule has 0 spiro atoms. The molecule has 6 nitrogen and oxygen atoms in total. The number of nitrogen functional groups attached to an aromatic ring is 1. The van der Waals surface area contributed by atoms with Gasteiger partial charge in [-0.1, -0.05) is 0 Å². The smallest absolute Gasteiger partial charge is 0.306 e. The van der Waals surface area contributed by atoms with Crippen molar-refractivity contribution < 1.29 is 14.3 Å². The van der Waals surface area contributed by atoms with Crippen molar-refractivity contribution in [3.8, 4) is 0 Å². The summed E-state index contributed by atoms with van der Waals surface area (Å²) in [4.78, 5) is 26.0. The molecule has 0 aromatic carbocycles. The van der Waals surface area contributed by atoms with Crippen LogP contribution in [0.15, 0.2) is 18.3 Å². The number of hydrogen-bond acceptors (Lipinski definition) is 5. The molecule has 1 amide bonds. The van der Waals surface area contributed by atoms with Crippen molar-refractivity contribution in [1.29, 1.82) is 0 Å². The molecule has 86 valence electrons. The minimum atomic E-state index is -0.416. The quantitative estimate of drug-likeness (QED) is 0.727. The molecule has 0 bridgehead atoms. The molecule has 1 heterocycles. The van der Waals surface area contributed by atoms with Gasteiger partial charge in [-0.3, -0.25) is 9.59 Å². The Morgan fingerprint density at radius 2 is 2.19 bits per heavy atom. The summed E-state index contributed by atoms with van der Waals surface area (Å²) in [5, 5.41) is 2.54. The maximum Gasteiger partial charge on any atom is 0.306 e. The molecule has 1 aromatic rings. The zero-order valence-corrected chi connectivity index (χ0v) is 8.90. The Hall–Kier alpha value is -2.11. The standard InChI is InChI=1S/C10H13N3O3/c1-16-10(15)5-4-9(14)13-8-3-2-7(11)6-12-8/h2-3,6H,4-5,11H2,1H3,(H,12,13,14). The van der Waals surface area contributed by atoms with Crippen LogP contribution in [0.3, 0.4) is 0 Å². The lowest BCUT2D eigenvalue weighted by molar-refractivity contribution is -0.141. The SMILES string of the molecule is COC(=O)CCC(=O)Nc1ccc(N)cn1. The number of methoxy groups -OCH3 is 1. The Balaban J connectivity index is 2.40. The van der Waals surface area contributed by atoms with Crippen molar-refractivity contribution in [2.45, 2.75) is 12.8 Å². The summed E-state index contributed by atoms with van der Waals surface area (Å²) in [5.41, 5.74) is 5.96. The molecule has 6 heteroatoms. The van der Waals surface area contributed by atoms with Crippen molar-refractivity contribution in [2.75, 3.05) is 18.2 Å². The second-order valence-corrected chi connectivity index (χ2v) is 3.10. The molecule has 0 saturated heterocycles. The van der Waals surface area contributed by atoms with E-state index in [-0.39, 0.29) is 18.7 Å². The topological polar surface area (TPSA) is 94.3 Å². The van der Waals surface area contributed by atoms with E-state index in [0.29, 0.717) is 11.5 Å². The minimum absolute atomic E-state index is 0.0529. The summed E-state index contributed by atoms with van der Waals surface area (Å²) in [6.45, 7) is 0. The Labute approximate surface area is 92.8 Å². The zero-order valence-electron chi connectivity index (χ0n) is 8.90. The lowest BCUT2D eigenvalue weighted by Gasteiger charge is -2.03. The van der Waals surface area contributed by atoms with Crippen LogP contribution in [0.1, 0.15) is 12.8 Å². The maximum atomic E-state index is 11.3. The average Bonchev–Trinajstić information content (AvgIpc) is 2.29. The molecule has 1 aromatic heterocycles. The first kappa shape index (κ1) is 12.0. The lowest BCUT2D eigenvalue weighted by Crippen LogP contribution is -2.14.